The van der Waals surface area contributed by atoms with Crippen molar-refractivity contribution in [3.63, 3.8) is 0 Å². The Morgan fingerprint density at radius 1 is 1.10 bits per heavy atom. The van der Waals surface area contributed by atoms with E-state index in [0.29, 0.717) is 6.54 Å². The maximum absolute atomic E-state index is 12.2. The zero-order chi connectivity index (χ0) is 14.1. The predicted octanol–water partition coefficient (Wildman–Crippen LogP) is 3.39. The Kier molecular flexibility index (Phi) is 3.11. The van der Waals surface area contributed by atoms with Crippen molar-refractivity contribution >= 4 is 10.9 Å². The first kappa shape index (κ1) is 12.6. The molecule has 1 heterocycles. The maximum Gasteiger partial charge on any atom is 0.348 e. The quantitative estimate of drug-likeness (QED) is 0.711. The van der Waals surface area contributed by atoms with Gasteiger partial charge in [-0.1, -0.05) is 42.0 Å². The first-order valence-corrected chi connectivity index (χ1v) is 6.77. The van der Waals surface area contributed by atoms with Crippen LogP contribution in [0.1, 0.15) is 12.5 Å². The minimum Gasteiger partial charge on any atom is -0.292 e. The molecule has 0 fully saturated rings. The van der Waals surface area contributed by atoms with Crippen molar-refractivity contribution in [2.45, 2.75) is 20.4 Å². The Bertz CT molecular complexity index is 820. The van der Waals surface area contributed by atoms with E-state index in [4.69, 9.17) is 0 Å². The van der Waals surface area contributed by atoms with Gasteiger partial charge in [-0.2, -0.15) is 4.98 Å². The van der Waals surface area contributed by atoms with E-state index in [9.17, 15) is 4.79 Å². The predicted molar refractivity (Wildman–Crippen MR) is 81.9 cm³/mol. The van der Waals surface area contributed by atoms with Crippen molar-refractivity contribution in [1.82, 2.24) is 9.55 Å². The van der Waals surface area contributed by atoms with Gasteiger partial charge >= 0.3 is 5.69 Å². The number of hydrogen-bond acceptors (Lipinski definition) is 2. The second kappa shape index (κ2) is 4.93. The van der Waals surface area contributed by atoms with E-state index in [1.54, 1.807) is 4.57 Å². The standard InChI is InChI=1S/C17H16N2O/c1-3-19-15-10-9-12(2)11-14(15)16(18-17(19)20)13-7-5-4-6-8-13/h4-11H,3H2,1-2H3. The molecule has 3 rings (SSSR count). The van der Waals surface area contributed by atoms with E-state index >= 15 is 0 Å². The van der Waals surface area contributed by atoms with E-state index in [1.807, 2.05) is 49.4 Å². The van der Waals surface area contributed by atoms with Gasteiger partial charge in [0.1, 0.15) is 0 Å². The summed E-state index contributed by atoms with van der Waals surface area (Å²) >= 11 is 0. The largest absolute Gasteiger partial charge is 0.348 e. The van der Waals surface area contributed by atoms with E-state index in [1.165, 1.54) is 0 Å². The lowest BCUT2D eigenvalue weighted by molar-refractivity contribution is 0.732. The van der Waals surface area contributed by atoms with Gasteiger partial charge in [0, 0.05) is 17.5 Å². The van der Waals surface area contributed by atoms with Crippen LogP contribution in [0.5, 0.6) is 0 Å². The van der Waals surface area contributed by atoms with Crippen molar-refractivity contribution in [3.8, 4) is 11.3 Å². The summed E-state index contributed by atoms with van der Waals surface area (Å²) in [5, 5.41) is 1.03. The Morgan fingerprint density at radius 2 is 1.85 bits per heavy atom. The van der Waals surface area contributed by atoms with Gasteiger partial charge in [-0.25, -0.2) is 4.79 Å². The van der Waals surface area contributed by atoms with Gasteiger partial charge in [0.05, 0.1) is 11.2 Å². The van der Waals surface area contributed by atoms with Crippen LogP contribution in [0.25, 0.3) is 22.2 Å². The van der Waals surface area contributed by atoms with Gasteiger partial charge in [-0.15, -0.1) is 0 Å². The second-order valence-electron chi connectivity index (χ2n) is 4.87. The third-order valence-corrected chi connectivity index (χ3v) is 3.50. The van der Waals surface area contributed by atoms with Crippen molar-refractivity contribution < 1.29 is 0 Å². The second-order valence-corrected chi connectivity index (χ2v) is 4.87. The van der Waals surface area contributed by atoms with Gasteiger partial charge < -0.3 is 0 Å². The fraction of sp³-hybridized carbons (Fsp3) is 0.176. The molecule has 0 amide bonds. The lowest BCUT2D eigenvalue weighted by atomic mass is 10.0. The molecule has 2 aromatic carbocycles. The van der Waals surface area contributed by atoms with Crippen LogP contribution >= 0.6 is 0 Å². The van der Waals surface area contributed by atoms with Crippen molar-refractivity contribution in [3.05, 3.63) is 64.6 Å². The number of aryl methyl sites for hydroxylation is 2. The molecule has 0 saturated heterocycles. The highest BCUT2D eigenvalue weighted by atomic mass is 16.1. The van der Waals surface area contributed by atoms with Gasteiger partial charge in [0.2, 0.25) is 0 Å². The Balaban J connectivity index is 2.44. The minimum absolute atomic E-state index is 0.192. The number of rotatable bonds is 2. The lowest BCUT2D eigenvalue weighted by Crippen LogP contribution is -2.23. The molecule has 0 aliphatic carbocycles. The van der Waals surface area contributed by atoms with Crippen LogP contribution in [0.15, 0.2) is 53.3 Å². The number of aromatic nitrogens is 2. The average molecular weight is 264 g/mol. The molecular weight excluding hydrogens is 248 g/mol. The highest BCUT2D eigenvalue weighted by Crippen LogP contribution is 2.25. The van der Waals surface area contributed by atoms with Gasteiger partial charge in [0.25, 0.3) is 0 Å². The molecule has 0 saturated carbocycles. The fourth-order valence-electron chi connectivity index (χ4n) is 2.52. The maximum atomic E-state index is 12.2. The molecule has 0 spiro atoms. The monoisotopic (exact) mass is 264 g/mol. The number of hydrogen-bond donors (Lipinski definition) is 0. The van der Waals surface area contributed by atoms with E-state index in [2.05, 4.69) is 18.0 Å². The summed E-state index contributed by atoms with van der Waals surface area (Å²) < 4.78 is 1.71. The normalized spacial score (nSPS) is 10.9. The average Bonchev–Trinajstić information content (AvgIpc) is 2.48. The SMILES string of the molecule is CCn1c(=O)nc(-c2ccccc2)c2cc(C)ccc21. The molecule has 0 bridgehead atoms. The molecule has 0 aliphatic heterocycles. The minimum atomic E-state index is -0.192. The highest BCUT2D eigenvalue weighted by molar-refractivity contribution is 5.92. The van der Waals surface area contributed by atoms with Gasteiger partial charge in [-0.05, 0) is 26.0 Å². The molecule has 3 aromatic rings. The Hall–Kier alpha value is -2.42. The van der Waals surface area contributed by atoms with E-state index < -0.39 is 0 Å². The van der Waals surface area contributed by atoms with Gasteiger partial charge in [0.15, 0.2) is 0 Å². The molecule has 20 heavy (non-hydrogen) atoms. The lowest BCUT2D eigenvalue weighted by Gasteiger charge is -2.11. The van der Waals surface area contributed by atoms with Gasteiger partial charge in [-0.3, -0.25) is 4.57 Å². The van der Waals surface area contributed by atoms with Crippen LogP contribution < -0.4 is 5.69 Å². The molecule has 0 atom stereocenters. The van der Waals surface area contributed by atoms with E-state index in [-0.39, 0.29) is 5.69 Å². The number of benzene rings is 2. The number of nitrogens with zero attached hydrogens (tertiary/aromatic N) is 2. The molecule has 100 valence electrons. The Morgan fingerprint density at radius 3 is 2.55 bits per heavy atom. The van der Waals surface area contributed by atoms with Crippen LogP contribution in [0.3, 0.4) is 0 Å². The summed E-state index contributed by atoms with van der Waals surface area (Å²) in [6.07, 6.45) is 0. The van der Waals surface area contributed by atoms with Crippen LogP contribution in [0.2, 0.25) is 0 Å². The van der Waals surface area contributed by atoms with Crippen LogP contribution in [-0.4, -0.2) is 9.55 Å². The smallest absolute Gasteiger partial charge is 0.292 e. The number of fused-ring (bicyclic) bond motifs is 1. The molecule has 3 nitrogen and oxygen atoms in total. The zero-order valence-electron chi connectivity index (χ0n) is 11.6. The van der Waals surface area contributed by atoms with E-state index in [0.717, 1.165) is 27.7 Å². The molecular formula is C17H16N2O. The van der Waals surface area contributed by atoms with Crippen LogP contribution in [0.4, 0.5) is 0 Å². The summed E-state index contributed by atoms with van der Waals surface area (Å²) in [5.41, 5.74) is 3.65. The topological polar surface area (TPSA) is 34.9 Å². The van der Waals surface area contributed by atoms with Crippen LogP contribution in [-0.2, 0) is 6.54 Å². The summed E-state index contributed by atoms with van der Waals surface area (Å²) in [5.74, 6) is 0. The molecule has 0 aliphatic rings. The summed E-state index contributed by atoms with van der Waals surface area (Å²) in [7, 11) is 0. The molecule has 1 aromatic heterocycles. The van der Waals surface area contributed by atoms with Crippen LogP contribution in [0, 0.1) is 6.92 Å². The zero-order valence-corrected chi connectivity index (χ0v) is 11.6. The summed E-state index contributed by atoms with van der Waals surface area (Å²) in [6.45, 7) is 4.64. The van der Waals surface area contributed by atoms with Crippen molar-refractivity contribution in [2.75, 3.05) is 0 Å². The third kappa shape index (κ3) is 2.01. The highest BCUT2D eigenvalue weighted by Gasteiger charge is 2.11. The third-order valence-electron chi connectivity index (χ3n) is 3.50. The first-order chi connectivity index (χ1) is 9.70. The van der Waals surface area contributed by atoms with Crippen molar-refractivity contribution in [2.24, 2.45) is 0 Å². The van der Waals surface area contributed by atoms with Crippen molar-refractivity contribution in [1.29, 1.82) is 0 Å². The summed E-state index contributed by atoms with van der Waals surface area (Å²) in [6, 6.07) is 16.0. The fourth-order valence-corrected chi connectivity index (χ4v) is 2.52. The Labute approximate surface area is 117 Å². The molecule has 0 unspecified atom stereocenters. The summed E-state index contributed by atoms with van der Waals surface area (Å²) in [4.78, 5) is 16.5. The molecule has 0 N–H and O–H groups in total. The molecule has 3 heteroatoms. The molecule has 0 radical (unpaired) electrons. The first-order valence-electron chi connectivity index (χ1n) is 6.77.